The summed E-state index contributed by atoms with van der Waals surface area (Å²) < 4.78 is 46.4. The zero-order valence-corrected chi connectivity index (χ0v) is 21.7. The molecule has 37 heavy (non-hydrogen) atoms. The number of alkyl halides is 3. The molecular weight excluding hydrogens is 520 g/mol. The molecule has 0 spiro atoms. The van der Waals surface area contributed by atoms with Crippen LogP contribution >= 0.6 is 23.2 Å². The first-order valence-corrected chi connectivity index (χ1v) is 12.8. The molecule has 9 heteroatoms. The van der Waals surface area contributed by atoms with Gasteiger partial charge in [0.05, 0.1) is 27.4 Å². The van der Waals surface area contributed by atoms with Crippen LogP contribution in [0.25, 0.3) is 22.5 Å². The number of para-hydroxylation sites is 2. The van der Waals surface area contributed by atoms with Crippen LogP contribution in [0.15, 0.2) is 72.8 Å². The average Bonchev–Trinajstić information content (AvgIpc) is 3.39. The van der Waals surface area contributed by atoms with Crippen LogP contribution in [0.5, 0.6) is 0 Å². The van der Waals surface area contributed by atoms with Crippen LogP contribution in [-0.4, -0.2) is 31.9 Å². The van der Waals surface area contributed by atoms with Crippen molar-refractivity contribution < 1.29 is 13.2 Å². The molecule has 0 amide bonds. The molecule has 0 saturated heterocycles. The molecule has 0 radical (unpaired) electrons. The van der Waals surface area contributed by atoms with Crippen molar-refractivity contribution in [2.75, 3.05) is 13.1 Å². The van der Waals surface area contributed by atoms with Crippen molar-refractivity contribution in [2.24, 2.45) is 0 Å². The van der Waals surface area contributed by atoms with Crippen LogP contribution in [0.3, 0.4) is 0 Å². The largest absolute Gasteiger partial charge is 0.435 e. The lowest BCUT2D eigenvalue weighted by Gasteiger charge is -2.22. The predicted octanol–water partition coefficient (Wildman–Crippen LogP) is 8.06. The number of imidazole rings is 2. The topological polar surface area (TPSA) is 25.5 Å². The Labute approximate surface area is 222 Å². The molecule has 0 unspecified atom stereocenters. The van der Waals surface area contributed by atoms with Gasteiger partial charge in [0.15, 0.2) is 5.69 Å². The first-order chi connectivity index (χ1) is 17.8. The van der Waals surface area contributed by atoms with E-state index < -0.39 is 11.9 Å². The molecule has 3 aromatic carbocycles. The van der Waals surface area contributed by atoms with E-state index >= 15 is 0 Å². The highest BCUT2D eigenvalue weighted by Crippen LogP contribution is 2.37. The summed E-state index contributed by atoms with van der Waals surface area (Å²) >= 11 is 12.6. The summed E-state index contributed by atoms with van der Waals surface area (Å²) in [6.07, 6.45) is -3.05. The lowest BCUT2D eigenvalue weighted by atomic mass is 10.1. The molecule has 5 rings (SSSR count). The SMILES string of the molecule is CCCN(CCc1ccccc1)Cc1c(C(F)(F)F)nc2n(-c3ccc(Cl)cc3Cl)c3ccccc3n12. The Morgan fingerprint density at radius 1 is 0.892 bits per heavy atom. The van der Waals surface area contributed by atoms with Crippen LogP contribution in [-0.2, 0) is 19.1 Å². The number of nitrogens with zero attached hydrogens (tertiary/aromatic N) is 4. The van der Waals surface area contributed by atoms with Crippen LogP contribution in [0.4, 0.5) is 13.2 Å². The third kappa shape index (κ3) is 5.08. The number of hydrogen-bond acceptors (Lipinski definition) is 2. The van der Waals surface area contributed by atoms with Gasteiger partial charge in [-0.2, -0.15) is 13.2 Å². The summed E-state index contributed by atoms with van der Waals surface area (Å²) in [7, 11) is 0. The zero-order chi connectivity index (χ0) is 26.2. The van der Waals surface area contributed by atoms with E-state index in [1.54, 1.807) is 27.2 Å². The molecule has 2 heterocycles. The van der Waals surface area contributed by atoms with Crippen LogP contribution < -0.4 is 0 Å². The summed E-state index contributed by atoms with van der Waals surface area (Å²) in [6, 6.07) is 22.2. The van der Waals surface area contributed by atoms with E-state index in [-0.39, 0.29) is 18.0 Å². The van der Waals surface area contributed by atoms with E-state index in [4.69, 9.17) is 23.2 Å². The molecule has 0 aliphatic heterocycles. The second kappa shape index (κ2) is 10.4. The fourth-order valence-electron chi connectivity index (χ4n) is 4.80. The Kier molecular flexibility index (Phi) is 7.21. The third-order valence-electron chi connectivity index (χ3n) is 6.41. The molecule has 0 bridgehead atoms. The fourth-order valence-corrected chi connectivity index (χ4v) is 5.29. The quantitative estimate of drug-likeness (QED) is 0.197. The number of hydrogen-bond donors (Lipinski definition) is 0. The van der Waals surface area contributed by atoms with Gasteiger partial charge in [-0.05, 0) is 55.3 Å². The monoisotopic (exact) mass is 544 g/mol. The van der Waals surface area contributed by atoms with Gasteiger partial charge in [0.1, 0.15) is 0 Å². The first kappa shape index (κ1) is 25.6. The molecule has 0 fully saturated rings. The molecule has 5 aromatic rings. The molecular formula is C28H25Cl2F3N4. The van der Waals surface area contributed by atoms with Gasteiger partial charge in [0.2, 0.25) is 5.78 Å². The van der Waals surface area contributed by atoms with Crippen LogP contribution in [0.2, 0.25) is 10.0 Å². The number of rotatable bonds is 8. The van der Waals surface area contributed by atoms with Gasteiger partial charge in [-0.25, -0.2) is 4.98 Å². The minimum atomic E-state index is -4.62. The highest BCUT2D eigenvalue weighted by atomic mass is 35.5. The molecule has 2 aromatic heterocycles. The maximum atomic E-state index is 14.4. The Morgan fingerprint density at radius 2 is 1.59 bits per heavy atom. The number of fused-ring (bicyclic) bond motifs is 3. The van der Waals surface area contributed by atoms with Crippen LogP contribution in [0.1, 0.15) is 30.3 Å². The lowest BCUT2D eigenvalue weighted by molar-refractivity contribution is -0.141. The summed E-state index contributed by atoms with van der Waals surface area (Å²) in [4.78, 5) is 6.24. The van der Waals surface area contributed by atoms with Crippen LogP contribution in [0, 0.1) is 0 Å². The smallest absolute Gasteiger partial charge is 0.297 e. The van der Waals surface area contributed by atoms with Gasteiger partial charge in [-0.3, -0.25) is 13.9 Å². The Balaban J connectivity index is 1.67. The van der Waals surface area contributed by atoms with Crippen molar-refractivity contribution in [1.82, 2.24) is 18.9 Å². The summed E-state index contributed by atoms with van der Waals surface area (Å²) in [5.41, 5.74) is 2.22. The van der Waals surface area contributed by atoms with E-state index in [1.165, 1.54) is 0 Å². The van der Waals surface area contributed by atoms with Gasteiger partial charge in [-0.15, -0.1) is 0 Å². The molecule has 0 N–H and O–H groups in total. The first-order valence-electron chi connectivity index (χ1n) is 12.1. The normalized spacial score (nSPS) is 12.3. The Hall–Kier alpha value is -3.00. The van der Waals surface area contributed by atoms with Crippen molar-refractivity contribution in [3.05, 3.63) is 99.8 Å². The minimum absolute atomic E-state index is 0.110. The van der Waals surface area contributed by atoms with E-state index in [9.17, 15) is 13.2 Å². The number of aromatic nitrogens is 3. The van der Waals surface area contributed by atoms with Crippen molar-refractivity contribution in [2.45, 2.75) is 32.5 Å². The molecule has 0 aliphatic rings. The summed E-state index contributed by atoms with van der Waals surface area (Å²) in [5, 5.41) is 0.763. The van der Waals surface area contributed by atoms with Gasteiger partial charge in [0.25, 0.3) is 0 Å². The van der Waals surface area contributed by atoms with E-state index in [1.807, 2.05) is 61.5 Å². The molecule has 0 saturated carbocycles. The predicted molar refractivity (Wildman–Crippen MR) is 143 cm³/mol. The average molecular weight is 545 g/mol. The van der Waals surface area contributed by atoms with Gasteiger partial charge in [0, 0.05) is 18.1 Å². The van der Waals surface area contributed by atoms with E-state index in [0.717, 1.165) is 18.4 Å². The summed E-state index contributed by atoms with van der Waals surface area (Å²) in [6.45, 7) is 3.43. The Morgan fingerprint density at radius 3 is 2.27 bits per heavy atom. The highest BCUT2D eigenvalue weighted by Gasteiger charge is 2.39. The molecule has 0 atom stereocenters. The third-order valence-corrected chi connectivity index (χ3v) is 6.95. The molecule has 0 aliphatic carbocycles. The second-order valence-corrected chi connectivity index (χ2v) is 9.82. The maximum Gasteiger partial charge on any atom is 0.435 e. The minimum Gasteiger partial charge on any atom is -0.297 e. The van der Waals surface area contributed by atoms with Crippen molar-refractivity contribution >= 4 is 40.0 Å². The highest BCUT2D eigenvalue weighted by molar-refractivity contribution is 6.35. The fraction of sp³-hybridized carbons (Fsp3) is 0.250. The number of halogens is 5. The molecule has 4 nitrogen and oxygen atoms in total. The number of benzene rings is 3. The maximum absolute atomic E-state index is 14.4. The van der Waals surface area contributed by atoms with Crippen molar-refractivity contribution in [1.29, 1.82) is 0 Å². The van der Waals surface area contributed by atoms with E-state index in [0.29, 0.717) is 39.9 Å². The molecule has 192 valence electrons. The van der Waals surface area contributed by atoms with Crippen molar-refractivity contribution in [3.8, 4) is 5.69 Å². The second-order valence-electron chi connectivity index (χ2n) is 8.97. The zero-order valence-electron chi connectivity index (χ0n) is 20.1. The van der Waals surface area contributed by atoms with E-state index in [2.05, 4.69) is 9.88 Å². The van der Waals surface area contributed by atoms with Gasteiger partial charge in [-0.1, -0.05) is 72.6 Å². The van der Waals surface area contributed by atoms with Crippen molar-refractivity contribution in [3.63, 3.8) is 0 Å². The Bertz CT molecular complexity index is 1540. The lowest BCUT2D eigenvalue weighted by Crippen LogP contribution is -2.28. The summed E-state index contributed by atoms with van der Waals surface area (Å²) in [5.74, 6) is 0.159. The standard InChI is InChI=1S/C28H25Cl2F3N4/c1-2-15-35(16-14-19-8-4-3-5-9-19)18-25-26(28(31,32)33)34-27-36(22-13-12-20(29)17-21(22)30)23-10-6-7-11-24(23)37(25)27/h3-13,17H,2,14-16,18H2,1H3. The van der Waals surface area contributed by atoms with Gasteiger partial charge < -0.3 is 0 Å². The van der Waals surface area contributed by atoms with Gasteiger partial charge >= 0.3 is 6.18 Å².